The lowest BCUT2D eigenvalue weighted by Crippen LogP contribution is -2.34. The van der Waals surface area contributed by atoms with Crippen molar-refractivity contribution in [2.45, 2.75) is 4.90 Å². The first-order chi connectivity index (χ1) is 13.8. The molecule has 0 saturated heterocycles. The van der Waals surface area contributed by atoms with Gasteiger partial charge in [-0.1, -0.05) is 24.3 Å². The minimum Gasteiger partial charge on any atom is -0.332 e. The van der Waals surface area contributed by atoms with Crippen LogP contribution in [0.3, 0.4) is 0 Å². The molecule has 0 unspecified atom stereocenters. The monoisotopic (exact) mass is 541 g/mol. The van der Waals surface area contributed by atoms with Crippen LogP contribution in [0.1, 0.15) is 10.4 Å². The number of halogens is 1. The fourth-order valence-corrected chi connectivity index (χ4v) is 4.62. The molecule has 0 saturated carbocycles. The second-order valence-electron chi connectivity index (χ2n) is 5.81. The van der Waals surface area contributed by atoms with Crippen LogP contribution in [0.25, 0.3) is 0 Å². The fourth-order valence-electron chi connectivity index (χ4n) is 2.40. The number of thiocarbonyl (C=S) groups is 1. The molecule has 1 amide bonds. The summed E-state index contributed by atoms with van der Waals surface area (Å²) in [5.41, 5.74) is 1.07. The second-order valence-corrected chi connectivity index (χ2v) is 9.32. The van der Waals surface area contributed by atoms with E-state index in [4.69, 9.17) is 12.2 Å². The number of hydrogen-bond acceptors (Lipinski definition) is 4. The summed E-state index contributed by atoms with van der Waals surface area (Å²) >= 11 is 7.25. The zero-order valence-corrected chi connectivity index (χ0v) is 19.3. The van der Waals surface area contributed by atoms with E-state index in [-0.39, 0.29) is 29.0 Å². The third-order valence-corrected chi connectivity index (χ3v) is 6.75. The van der Waals surface area contributed by atoms with E-state index in [9.17, 15) is 13.2 Å². The highest BCUT2D eigenvalue weighted by Gasteiger charge is 2.22. The van der Waals surface area contributed by atoms with Crippen LogP contribution in [-0.2, 0) is 10.0 Å². The predicted molar refractivity (Wildman–Crippen MR) is 128 cm³/mol. The van der Waals surface area contributed by atoms with Gasteiger partial charge in [0.25, 0.3) is 5.91 Å². The molecule has 0 fully saturated rings. The molecule has 0 aliphatic rings. The molecule has 2 rings (SSSR count). The lowest BCUT2D eigenvalue weighted by molar-refractivity contribution is 0.0977. The van der Waals surface area contributed by atoms with Crippen LogP contribution in [0.15, 0.2) is 78.7 Å². The Morgan fingerprint density at radius 3 is 2.21 bits per heavy atom. The number of rotatable bonds is 8. The first-order valence-corrected chi connectivity index (χ1v) is 11.4. The fraction of sp³-hybridized carbons (Fsp3) is 0.100. The number of amides is 1. The molecule has 0 bridgehead atoms. The van der Waals surface area contributed by atoms with E-state index in [1.54, 1.807) is 24.3 Å². The van der Waals surface area contributed by atoms with E-state index in [0.29, 0.717) is 11.3 Å². The normalized spacial score (nSPS) is 11.0. The summed E-state index contributed by atoms with van der Waals surface area (Å²) in [5.74, 6) is -0.323. The van der Waals surface area contributed by atoms with Crippen molar-refractivity contribution in [1.29, 1.82) is 0 Å². The molecule has 0 aliphatic carbocycles. The van der Waals surface area contributed by atoms with Crippen molar-refractivity contribution in [3.63, 3.8) is 0 Å². The Hall–Kier alpha value is -2.08. The molecule has 0 atom stereocenters. The number of carbonyl (C=O) groups excluding carboxylic acids is 1. The van der Waals surface area contributed by atoms with Gasteiger partial charge in [0.05, 0.1) is 10.5 Å². The minimum absolute atomic E-state index is 0.116. The number of nitrogens with zero attached hydrogens (tertiary/aromatic N) is 1. The van der Waals surface area contributed by atoms with Gasteiger partial charge in [-0.05, 0) is 71.2 Å². The summed E-state index contributed by atoms with van der Waals surface area (Å²) in [4.78, 5) is 12.4. The molecule has 2 N–H and O–H groups in total. The number of sulfonamides is 1. The Balaban J connectivity index is 2.07. The summed E-state index contributed by atoms with van der Waals surface area (Å²) in [6, 6.07) is 13.3. The van der Waals surface area contributed by atoms with Crippen molar-refractivity contribution in [1.82, 2.24) is 9.62 Å². The number of anilines is 1. The first-order valence-electron chi connectivity index (χ1n) is 8.48. The highest BCUT2D eigenvalue weighted by Crippen LogP contribution is 2.19. The van der Waals surface area contributed by atoms with Crippen molar-refractivity contribution >= 4 is 61.5 Å². The van der Waals surface area contributed by atoms with E-state index < -0.39 is 10.0 Å². The molecule has 9 heteroatoms. The molecule has 29 heavy (non-hydrogen) atoms. The lowest BCUT2D eigenvalue weighted by Gasteiger charge is -2.19. The van der Waals surface area contributed by atoms with Crippen molar-refractivity contribution in [2.24, 2.45) is 0 Å². The molecule has 0 aromatic heterocycles. The van der Waals surface area contributed by atoms with Gasteiger partial charge in [-0.2, -0.15) is 4.31 Å². The molecule has 2 aromatic rings. The van der Waals surface area contributed by atoms with E-state index in [0.717, 1.165) is 3.57 Å². The highest BCUT2D eigenvalue weighted by molar-refractivity contribution is 14.1. The van der Waals surface area contributed by atoms with Crippen LogP contribution in [0.2, 0.25) is 0 Å². The Bertz CT molecular complexity index is 1010. The molecule has 6 nitrogen and oxygen atoms in total. The largest absolute Gasteiger partial charge is 0.332 e. The van der Waals surface area contributed by atoms with Crippen molar-refractivity contribution < 1.29 is 13.2 Å². The van der Waals surface area contributed by atoms with Gasteiger partial charge in [0.15, 0.2) is 5.11 Å². The first kappa shape index (κ1) is 23.2. The Kier molecular flexibility index (Phi) is 8.50. The van der Waals surface area contributed by atoms with Gasteiger partial charge in [-0.15, -0.1) is 13.2 Å². The third-order valence-electron chi connectivity index (χ3n) is 3.76. The second kappa shape index (κ2) is 10.6. The van der Waals surface area contributed by atoms with Crippen LogP contribution in [-0.4, -0.2) is 36.8 Å². The van der Waals surface area contributed by atoms with E-state index in [1.165, 1.54) is 28.6 Å². The average Bonchev–Trinajstić information content (AvgIpc) is 2.68. The number of hydrogen-bond donors (Lipinski definition) is 2. The lowest BCUT2D eigenvalue weighted by atomic mass is 10.2. The SMILES string of the molecule is C=CCN(CC=C)S(=O)(=O)c1ccc(NC(=S)NC(=O)c2ccccc2I)cc1. The minimum atomic E-state index is -3.67. The topological polar surface area (TPSA) is 78.5 Å². The summed E-state index contributed by atoms with van der Waals surface area (Å²) in [6.07, 6.45) is 3.04. The van der Waals surface area contributed by atoms with Gasteiger partial charge in [0.1, 0.15) is 0 Å². The van der Waals surface area contributed by atoms with Crippen LogP contribution < -0.4 is 10.6 Å². The maximum Gasteiger partial charge on any atom is 0.258 e. The Morgan fingerprint density at radius 2 is 1.66 bits per heavy atom. The average molecular weight is 541 g/mol. The molecular formula is C20H20IN3O3S2. The predicted octanol–water partition coefficient (Wildman–Crippen LogP) is 3.78. The van der Waals surface area contributed by atoms with Gasteiger partial charge in [0, 0.05) is 22.3 Å². The molecule has 0 radical (unpaired) electrons. The van der Waals surface area contributed by atoms with E-state index in [2.05, 4.69) is 46.4 Å². The summed E-state index contributed by atoms with van der Waals surface area (Å²) in [5, 5.41) is 5.60. The van der Waals surface area contributed by atoms with Crippen molar-refractivity contribution in [2.75, 3.05) is 18.4 Å². The molecule has 0 heterocycles. The van der Waals surface area contributed by atoms with Crippen LogP contribution in [0.4, 0.5) is 5.69 Å². The van der Waals surface area contributed by atoms with Crippen LogP contribution in [0, 0.1) is 3.57 Å². The van der Waals surface area contributed by atoms with E-state index >= 15 is 0 Å². The van der Waals surface area contributed by atoms with Gasteiger partial charge < -0.3 is 5.32 Å². The zero-order valence-electron chi connectivity index (χ0n) is 15.5. The Morgan fingerprint density at radius 1 is 1.07 bits per heavy atom. The molecule has 0 aliphatic heterocycles. The highest BCUT2D eigenvalue weighted by atomic mass is 127. The standard InChI is InChI=1S/C20H20IN3O3S2/c1-3-13-24(14-4-2)29(26,27)16-11-9-15(10-12-16)22-20(28)23-19(25)17-7-5-6-8-18(17)21/h3-12H,1-2,13-14H2,(H2,22,23,25,28). The third kappa shape index (κ3) is 6.20. The summed E-state index contributed by atoms with van der Waals surface area (Å²) < 4.78 is 27.5. The summed E-state index contributed by atoms with van der Waals surface area (Å²) in [6.45, 7) is 7.54. The quantitative estimate of drug-likeness (QED) is 0.302. The Labute approximate surface area is 189 Å². The molecule has 2 aromatic carbocycles. The van der Waals surface area contributed by atoms with Crippen molar-refractivity contribution in [3.8, 4) is 0 Å². The number of nitrogens with one attached hydrogen (secondary N) is 2. The number of carbonyl (C=O) groups is 1. The smallest absolute Gasteiger partial charge is 0.258 e. The number of benzene rings is 2. The van der Waals surface area contributed by atoms with E-state index in [1.807, 2.05) is 12.1 Å². The van der Waals surface area contributed by atoms with Crippen LogP contribution >= 0.6 is 34.8 Å². The molecule has 152 valence electrons. The molecule has 0 spiro atoms. The van der Waals surface area contributed by atoms with Gasteiger partial charge >= 0.3 is 0 Å². The van der Waals surface area contributed by atoms with Gasteiger partial charge in [0.2, 0.25) is 10.0 Å². The maximum atomic E-state index is 12.7. The zero-order chi connectivity index (χ0) is 21.4. The van der Waals surface area contributed by atoms with Crippen molar-refractivity contribution in [3.05, 3.63) is 83.0 Å². The van der Waals surface area contributed by atoms with Gasteiger partial charge in [-0.3, -0.25) is 10.1 Å². The maximum absolute atomic E-state index is 12.7. The van der Waals surface area contributed by atoms with Crippen LogP contribution in [0.5, 0.6) is 0 Å². The molecular weight excluding hydrogens is 521 g/mol. The summed E-state index contributed by atoms with van der Waals surface area (Å²) in [7, 11) is -3.67. The van der Waals surface area contributed by atoms with Gasteiger partial charge in [-0.25, -0.2) is 8.42 Å².